The standard InChI is InChI=1S/C10H16O/c1-2-10(11)9-7-5-3-4-6-8-9/h1,9-11H,3-8H2. The highest BCUT2D eigenvalue weighted by Crippen LogP contribution is 2.25. The van der Waals surface area contributed by atoms with Gasteiger partial charge in [-0.1, -0.05) is 31.6 Å². The predicted molar refractivity (Wildman–Crippen MR) is 46.0 cm³/mol. The summed E-state index contributed by atoms with van der Waals surface area (Å²) in [5.74, 6) is 2.80. The monoisotopic (exact) mass is 152 g/mol. The van der Waals surface area contributed by atoms with Crippen molar-refractivity contribution in [3.63, 3.8) is 0 Å². The third-order valence-corrected chi connectivity index (χ3v) is 2.52. The number of rotatable bonds is 1. The smallest absolute Gasteiger partial charge is 0.117 e. The second-order valence-corrected chi connectivity index (χ2v) is 3.36. The van der Waals surface area contributed by atoms with Crippen molar-refractivity contribution >= 4 is 0 Å². The first kappa shape index (κ1) is 8.62. The molecule has 0 radical (unpaired) electrons. The second kappa shape index (κ2) is 4.41. The Morgan fingerprint density at radius 2 is 1.73 bits per heavy atom. The summed E-state index contributed by atoms with van der Waals surface area (Å²) in [7, 11) is 0. The van der Waals surface area contributed by atoms with Crippen molar-refractivity contribution in [2.45, 2.75) is 44.6 Å². The molecule has 1 saturated carbocycles. The quantitative estimate of drug-likeness (QED) is 0.450. The molecule has 62 valence electrons. The number of terminal acetylenes is 1. The zero-order valence-corrected chi connectivity index (χ0v) is 6.92. The molecule has 0 spiro atoms. The van der Waals surface area contributed by atoms with Crippen LogP contribution in [0, 0.1) is 18.3 Å². The first-order valence-corrected chi connectivity index (χ1v) is 4.49. The molecule has 1 fully saturated rings. The lowest BCUT2D eigenvalue weighted by Gasteiger charge is -2.15. The van der Waals surface area contributed by atoms with Crippen molar-refractivity contribution in [3.8, 4) is 12.3 Å². The second-order valence-electron chi connectivity index (χ2n) is 3.36. The van der Waals surface area contributed by atoms with E-state index in [9.17, 15) is 5.11 Å². The maximum absolute atomic E-state index is 9.37. The molecule has 0 heterocycles. The van der Waals surface area contributed by atoms with E-state index in [2.05, 4.69) is 5.92 Å². The fraction of sp³-hybridized carbons (Fsp3) is 0.800. The molecule has 0 aliphatic heterocycles. The third-order valence-electron chi connectivity index (χ3n) is 2.52. The largest absolute Gasteiger partial charge is 0.380 e. The van der Waals surface area contributed by atoms with Gasteiger partial charge in [-0.2, -0.15) is 0 Å². The van der Waals surface area contributed by atoms with Gasteiger partial charge in [-0.25, -0.2) is 0 Å². The molecule has 1 aliphatic carbocycles. The van der Waals surface area contributed by atoms with Gasteiger partial charge in [0.15, 0.2) is 0 Å². The maximum atomic E-state index is 9.37. The van der Waals surface area contributed by atoms with Gasteiger partial charge < -0.3 is 5.11 Å². The van der Waals surface area contributed by atoms with Gasteiger partial charge in [0.2, 0.25) is 0 Å². The van der Waals surface area contributed by atoms with Crippen LogP contribution in [-0.2, 0) is 0 Å². The fourth-order valence-corrected chi connectivity index (χ4v) is 1.76. The summed E-state index contributed by atoms with van der Waals surface area (Å²) in [6.07, 6.45) is 12.0. The molecule has 1 unspecified atom stereocenters. The van der Waals surface area contributed by atoms with Crippen LogP contribution in [0.2, 0.25) is 0 Å². The van der Waals surface area contributed by atoms with Gasteiger partial charge in [0.25, 0.3) is 0 Å². The van der Waals surface area contributed by atoms with Crippen LogP contribution in [-0.4, -0.2) is 11.2 Å². The topological polar surface area (TPSA) is 20.2 Å². The molecule has 0 aromatic heterocycles. The average molecular weight is 152 g/mol. The lowest BCUT2D eigenvalue weighted by molar-refractivity contribution is 0.150. The SMILES string of the molecule is C#CC(O)C1CCCCCC1. The van der Waals surface area contributed by atoms with E-state index in [1.165, 1.54) is 25.7 Å². The summed E-state index contributed by atoms with van der Waals surface area (Å²) < 4.78 is 0. The molecule has 11 heavy (non-hydrogen) atoms. The molecule has 1 nitrogen and oxygen atoms in total. The fourth-order valence-electron chi connectivity index (χ4n) is 1.76. The first-order chi connectivity index (χ1) is 5.34. The molecule has 0 aromatic carbocycles. The van der Waals surface area contributed by atoms with E-state index in [0.717, 1.165) is 12.8 Å². The number of hydrogen-bond acceptors (Lipinski definition) is 1. The van der Waals surface area contributed by atoms with Crippen molar-refractivity contribution in [1.82, 2.24) is 0 Å². The molecule has 1 N–H and O–H groups in total. The number of aliphatic hydroxyl groups excluding tert-OH is 1. The molecule has 0 aromatic rings. The van der Waals surface area contributed by atoms with Gasteiger partial charge in [-0.15, -0.1) is 6.42 Å². The van der Waals surface area contributed by atoms with E-state index in [4.69, 9.17) is 6.42 Å². The minimum absolute atomic E-state index is 0.377. The Hall–Kier alpha value is -0.480. The summed E-state index contributed by atoms with van der Waals surface area (Å²) in [5.41, 5.74) is 0. The lowest BCUT2D eigenvalue weighted by atomic mass is 9.95. The molecule has 1 aliphatic rings. The van der Waals surface area contributed by atoms with Crippen LogP contribution in [0.1, 0.15) is 38.5 Å². The Labute approximate surface area is 68.8 Å². The minimum atomic E-state index is -0.493. The molecule has 0 amide bonds. The van der Waals surface area contributed by atoms with Crippen molar-refractivity contribution in [3.05, 3.63) is 0 Å². The van der Waals surface area contributed by atoms with Crippen molar-refractivity contribution < 1.29 is 5.11 Å². The van der Waals surface area contributed by atoms with Crippen molar-refractivity contribution in [2.75, 3.05) is 0 Å². The normalized spacial score (nSPS) is 23.6. The lowest BCUT2D eigenvalue weighted by Crippen LogP contribution is -2.17. The summed E-state index contributed by atoms with van der Waals surface area (Å²) in [4.78, 5) is 0. The molecule has 1 atom stereocenters. The summed E-state index contributed by atoms with van der Waals surface area (Å²) in [5, 5.41) is 9.37. The minimum Gasteiger partial charge on any atom is -0.380 e. The maximum Gasteiger partial charge on any atom is 0.117 e. The Morgan fingerprint density at radius 3 is 2.18 bits per heavy atom. The highest BCUT2D eigenvalue weighted by Gasteiger charge is 2.18. The number of hydrogen-bond donors (Lipinski definition) is 1. The predicted octanol–water partition coefficient (Wildman–Crippen LogP) is 1.95. The Balaban J connectivity index is 2.37. The first-order valence-electron chi connectivity index (χ1n) is 4.49. The molecular weight excluding hydrogens is 136 g/mol. The van der Waals surface area contributed by atoms with Crippen LogP contribution < -0.4 is 0 Å². The van der Waals surface area contributed by atoms with E-state index in [-0.39, 0.29) is 0 Å². The third kappa shape index (κ3) is 2.55. The van der Waals surface area contributed by atoms with E-state index < -0.39 is 6.10 Å². The number of aliphatic hydroxyl groups is 1. The summed E-state index contributed by atoms with van der Waals surface area (Å²) in [6, 6.07) is 0. The highest BCUT2D eigenvalue weighted by molar-refractivity contribution is 4.97. The van der Waals surface area contributed by atoms with Crippen molar-refractivity contribution in [1.29, 1.82) is 0 Å². The van der Waals surface area contributed by atoms with Crippen LogP contribution in [0.5, 0.6) is 0 Å². The molecule has 1 heteroatoms. The Bertz CT molecular complexity index is 137. The van der Waals surface area contributed by atoms with Gasteiger partial charge >= 0.3 is 0 Å². The zero-order chi connectivity index (χ0) is 8.10. The van der Waals surface area contributed by atoms with E-state index in [0.29, 0.717) is 5.92 Å². The van der Waals surface area contributed by atoms with Gasteiger partial charge in [-0.05, 0) is 18.8 Å². The summed E-state index contributed by atoms with van der Waals surface area (Å²) in [6.45, 7) is 0. The molecule has 1 rings (SSSR count). The van der Waals surface area contributed by atoms with Crippen LogP contribution in [0.15, 0.2) is 0 Å². The Kier molecular flexibility index (Phi) is 3.45. The van der Waals surface area contributed by atoms with E-state index in [1.54, 1.807) is 0 Å². The molecular formula is C10H16O. The van der Waals surface area contributed by atoms with E-state index in [1.807, 2.05) is 0 Å². The van der Waals surface area contributed by atoms with Crippen LogP contribution >= 0.6 is 0 Å². The zero-order valence-electron chi connectivity index (χ0n) is 6.92. The molecule has 0 bridgehead atoms. The van der Waals surface area contributed by atoms with Gasteiger partial charge in [0.05, 0.1) is 0 Å². The van der Waals surface area contributed by atoms with Crippen LogP contribution in [0.25, 0.3) is 0 Å². The van der Waals surface area contributed by atoms with Crippen molar-refractivity contribution in [2.24, 2.45) is 5.92 Å². The Morgan fingerprint density at radius 1 is 1.18 bits per heavy atom. The van der Waals surface area contributed by atoms with E-state index >= 15 is 0 Å². The van der Waals surface area contributed by atoms with Gasteiger partial charge in [-0.3, -0.25) is 0 Å². The molecule has 0 saturated heterocycles. The van der Waals surface area contributed by atoms with Crippen LogP contribution in [0.3, 0.4) is 0 Å². The van der Waals surface area contributed by atoms with Crippen LogP contribution in [0.4, 0.5) is 0 Å². The van der Waals surface area contributed by atoms with Gasteiger partial charge in [0, 0.05) is 0 Å². The summed E-state index contributed by atoms with van der Waals surface area (Å²) >= 11 is 0. The highest BCUT2D eigenvalue weighted by atomic mass is 16.3. The average Bonchev–Trinajstić information content (AvgIpc) is 2.30. The van der Waals surface area contributed by atoms with Gasteiger partial charge in [0.1, 0.15) is 6.10 Å².